The van der Waals surface area contributed by atoms with Crippen LogP contribution < -0.4 is 0 Å². The molecule has 1 aromatic rings. The number of carbonyl (C=O) groups is 2. The number of aliphatic hydroxyl groups excluding tert-OH is 1. The maximum absolute atomic E-state index is 12.2. The Labute approximate surface area is 218 Å². The lowest BCUT2D eigenvalue weighted by atomic mass is 9.97. The Bertz CT molecular complexity index is 825. The van der Waals surface area contributed by atoms with E-state index in [1.165, 1.54) is 89.7 Å². The molecule has 5 nitrogen and oxygen atoms in total. The number of hydrogen-bond donors (Lipinski definition) is 1. The topological polar surface area (TPSA) is 76.0 Å². The van der Waals surface area contributed by atoms with Crippen LogP contribution in [0.5, 0.6) is 0 Å². The maximum Gasteiger partial charge on any atom is 0.338 e. The van der Waals surface area contributed by atoms with Crippen molar-refractivity contribution in [2.24, 2.45) is 4.99 Å². The summed E-state index contributed by atoms with van der Waals surface area (Å²) in [7, 11) is 0. The van der Waals surface area contributed by atoms with Gasteiger partial charge in [-0.2, -0.15) is 0 Å². The van der Waals surface area contributed by atoms with Gasteiger partial charge >= 0.3 is 5.97 Å². The molecule has 0 aromatic heterocycles. The summed E-state index contributed by atoms with van der Waals surface area (Å²) in [4.78, 5) is 28.4. The average Bonchev–Trinajstić information content (AvgIpc) is 2.88. The van der Waals surface area contributed by atoms with Gasteiger partial charge < -0.3 is 9.84 Å². The molecule has 1 aliphatic carbocycles. The van der Waals surface area contributed by atoms with Gasteiger partial charge in [0.1, 0.15) is 5.76 Å². The zero-order valence-electron chi connectivity index (χ0n) is 22.4. The number of aliphatic hydroxyl groups is 1. The number of aliphatic imine (C=N–C) groups is 1. The van der Waals surface area contributed by atoms with Gasteiger partial charge in [0.25, 0.3) is 0 Å². The quantitative estimate of drug-likeness (QED) is 0.117. The van der Waals surface area contributed by atoms with Crippen LogP contribution in [0.25, 0.3) is 0 Å². The lowest BCUT2D eigenvalue weighted by Crippen LogP contribution is -2.12. The number of allylic oxidation sites excluding steroid dienone is 2. The van der Waals surface area contributed by atoms with E-state index in [1.807, 2.05) is 0 Å². The molecule has 0 aliphatic heterocycles. The molecule has 0 amide bonds. The molecule has 0 spiro atoms. The SMILES string of the molecule is CCCCCCCCCCCCCCCCCOC(=O)c1ccc(N=CC2=C(O)CCCC2=O)cc1. The van der Waals surface area contributed by atoms with Gasteiger partial charge in [0.05, 0.1) is 23.4 Å². The second-order valence-electron chi connectivity index (χ2n) is 10.0. The minimum Gasteiger partial charge on any atom is -0.512 e. The van der Waals surface area contributed by atoms with E-state index in [-0.39, 0.29) is 23.1 Å². The zero-order chi connectivity index (χ0) is 25.8. The number of benzene rings is 1. The summed E-state index contributed by atoms with van der Waals surface area (Å²) in [5, 5.41) is 9.88. The third-order valence-corrected chi connectivity index (χ3v) is 6.86. The zero-order valence-corrected chi connectivity index (χ0v) is 22.4. The van der Waals surface area contributed by atoms with Gasteiger partial charge in [-0.3, -0.25) is 9.79 Å². The van der Waals surface area contributed by atoms with Crippen LogP contribution >= 0.6 is 0 Å². The first-order chi connectivity index (χ1) is 17.6. The molecule has 0 saturated carbocycles. The average molecular weight is 498 g/mol. The molecule has 0 bridgehead atoms. The van der Waals surface area contributed by atoms with Gasteiger partial charge in [0, 0.05) is 19.1 Å². The highest BCUT2D eigenvalue weighted by atomic mass is 16.5. The first-order valence-corrected chi connectivity index (χ1v) is 14.4. The molecule has 0 atom stereocenters. The van der Waals surface area contributed by atoms with E-state index >= 15 is 0 Å². The fourth-order valence-electron chi connectivity index (χ4n) is 4.54. The summed E-state index contributed by atoms with van der Waals surface area (Å²) in [6.07, 6.45) is 22.7. The molecule has 0 radical (unpaired) electrons. The lowest BCUT2D eigenvalue weighted by Gasteiger charge is -2.11. The number of rotatable bonds is 19. The van der Waals surface area contributed by atoms with E-state index in [1.54, 1.807) is 24.3 Å². The molecule has 36 heavy (non-hydrogen) atoms. The van der Waals surface area contributed by atoms with E-state index in [0.717, 1.165) is 12.8 Å². The molecule has 0 saturated heterocycles. The largest absolute Gasteiger partial charge is 0.512 e. The molecule has 1 N–H and O–H groups in total. The number of esters is 1. The van der Waals surface area contributed by atoms with Crippen molar-refractivity contribution in [1.82, 2.24) is 0 Å². The van der Waals surface area contributed by atoms with E-state index in [4.69, 9.17) is 4.74 Å². The first kappa shape index (κ1) is 29.8. The van der Waals surface area contributed by atoms with Crippen molar-refractivity contribution < 1.29 is 19.4 Å². The third kappa shape index (κ3) is 12.5. The summed E-state index contributed by atoms with van der Waals surface area (Å²) in [6.45, 7) is 2.72. The van der Waals surface area contributed by atoms with Gasteiger partial charge in [0.15, 0.2) is 5.78 Å². The van der Waals surface area contributed by atoms with Crippen LogP contribution in [0, 0.1) is 0 Å². The molecule has 0 fully saturated rings. The maximum atomic E-state index is 12.2. The number of Topliss-reactive ketones (excluding diaryl/α,β-unsaturated/α-hetero) is 1. The molecule has 2 rings (SSSR count). The normalized spacial score (nSPS) is 14.1. The first-order valence-electron chi connectivity index (χ1n) is 14.4. The van der Waals surface area contributed by atoms with Gasteiger partial charge in [-0.1, -0.05) is 96.8 Å². The molecular weight excluding hydrogens is 450 g/mol. The fraction of sp³-hybridized carbons (Fsp3) is 0.645. The Morgan fingerprint density at radius 3 is 1.89 bits per heavy atom. The van der Waals surface area contributed by atoms with E-state index in [2.05, 4.69) is 11.9 Å². The van der Waals surface area contributed by atoms with Crippen LogP contribution in [0.4, 0.5) is 5.69 Å². The van der Waals surface area contributed by atoms with Crippen LogP contribution in [-0.4, -0.2) is 29.7 Å². The summed E-state index contributed by atoms with van der Waals surface area (Å²) in [6, 6.07) is 6.79. The van der Waals surface area contributed by atoms with Crippen molar-refractivity contribution >= 4 is 23.7 Å². The number of ketones is 1. The summed E-state index contributed by atoms with van der Waals surface area (Å²) in [5.74, 6) is -0.297. The second-order valence-corrected chi connectivity index (χ2v) is 10.0. The smallest absolute Gasteiger partial charge is 0.338 e. The predicted molar refractivity (Wildman–Crippen MR) is 148 cm³/mol. The highest BCUT2D eigenvalue weighted by molar-refractivity contribution is 6.14. The number of nitrogens with zero attached hydrogens (tertiary/aromatic N) is 1. The van der Waals surface area contributed by atoms with Crippen molar-refractivity contribution in [3.05, 3.63) is 41.2 Å². The number of unbranched alkanes of at least 4 members (excludes halogenated alkanes) is 14. The summed E-state index contributed by atoms with van der Waals surface area (Å²) < 4.78 is 5.40. The predicted octanol–water partition coefficient (Wildman–Crippen LogP) is 8.98. The molecule has 0 unspecified atom stereocenters. The van der Waals surface area contributed by atoms with E-state index < -0.39 is 0 Å². The van der Waals surface area contributed by atoms with Crippen LogP contribution in [0.3, 0.4) is 0 Å². The Morgan fingerprint density at radius 1 is 0.833 bits per heavy atom. The Morgan fingerprint density at radius 2 is 1.36 bits per heavy atom. The highest BCUT2D eigenvalue weighted by Gasteiger charge is 2.18. The van der Waals surface area contributed by atoms with Crippen LogP contribution in [0.15, 0.2) is 40.6 Å². The molecule has 1 aliphatic rings. The summed E-state index contributed by atoms with van der Waals surface area (Å²) in [5.41, 5.74) is 1.39. The molecule has 5 heteroatoms. The van der Waals surface area contributed by atoms with Gasteiger partial charge in [-0.25, -0.2) is 4.79 Å². The lowest BCUT2D eigenvalue weighted by molar-refractivity contribution is -0.115. The fourth-order valence-corrected chi connectivity index (χ4v) is 4.54. The monoisotopic (exact) mass is 497 g/mol. The third-order valence-electron chi connectivity index (χ3n) is 6.86. The Balaban J connectivity index is 1.48. The molecular formula is C31H47NO4. The van der Waals surface area contributed by atoms with Gasteiger partial charge in [-0.05, 0) is 37.1 Å². The molecule has 0 heterocycles. The highest BCUT2D eigenvalue weighted by Crippen LogP contribution is 2.20. The van der Waals surface area contributed by atoms with Crippen molar-refractivity contribution in [3.8, 4) is 0 Å². The van der Waals surface area contributed by atoms with Crippen LogP contribution in [0.1, 0.15) is 133 Å². The van der Waals surface area contributed by atoms with Gasteiger partial charge in [0.2, 0.25) is 0 Å². The molecule has 200 valence electrons. The number of hydrogen-bond acceptors (Lipinski definition) is 5. The number of carbonyl (C=O) groups excluding carboxylic acids is 2. The second kappa shape index (κ2) is 18.8. The molecule has 1 aromatic carbocycles. The Hall–Kier alpha value is -2.43. The minimum absolute atomic E-state index is 0.0819. The van der Waals surface area contributed by atoms with Gasteiger partial charge in [-0.15, -0.1) is 0 Å². The van der Waals surface area contributed by atoms with Crippen LogP contribution in [-0.2, 0) is 9.53 Å². The van der Waals surface area contributed by atoms with Crippen molar-refractivity contribution in [2.75, 3.05) is 6.61 Å². The van der Waals surface area contributed by atoms with Crippen molar-refractivity contribution in [2.45, 2.75) is 122 Å². The summed E-state index contributed by atoms with van der Waals surface area (Å²) >= 11 is 0. The van der Waals surface area contributed by atoms with Crippen LogP contribution in [0.2, 0.25) is 0 Å². The van der Waals surface area contributed by atoms with Crippen molar-refractivity contribution in [1.29, 1.82) is 0 Å². The van der Waals surface area contributed by atoms with E-state index in [0.29, 0.717) is 37.1 Å². The number of ether oxygens (including phenoxy) is 1. The standard InChI is InChI=1S/C31H47NO4/c1-2-3-4-5-6-7-8-9-10-11-12-13-14-15-16-24-36-31(35)26-20-22-27(23-21-26)32-25-28-29(33)18-17-19-30(28)34/h20-23,25,33H,2-19,24H2,1H3. The minimum atomic E-state index is -0.321. The van der Waals surface area contributed by atoms with E-state index in [9.17, 15) is 14.7 Å². The Kier molecular flexibility index (Phi) is 15.5. The van der Waals surface area contributed by atoms with Crippen molar-refractivity contribution in [3.63, 3.8) is 0 Å².